The van der Waals surface area contributed by atoms with Gasteiger partial charge < -0.3 is 10.3 Å². The topological polar surface area (TPSA) is 82.7 Å². The molecule has 0 radical (unpaired) electrons. The summed E-state index contributed by atoms with van der Waals surface area (Å²) in [4.78, 5) is 23.3. The lowest BCUT2D eigenvalue weighted by atomic mass is 9.87. The van der Waals surface area contributed by atoms with Gasteiger partial charge in [0.2, 0.25) is 0 Å². The van der Waals surface area contributed by atoms with E-state index in [0.717, 1.165) is 52.9 Å². The number of nitrogens with zero attached hydrogens (tertiary/aromatic N) is 2. The summed E-state index contributed by atoms with van der Waals surface area (Å²) in [5, 5.41) is 4.74. The fourth-order valence-corrected chi connectivity index (χ4v) is 4.09. The van der Waals surface area contributed by atoms with E-state index < -0.39 is 0 Å². The Kier molecular flexibility index (Phi) is 5.40. The van der Waals surface area contributed by atoms with Crippen LogP contribution >= 0.6 is 11.9 Å². The SMILES string of the molecule is CCCSN[C@H]1C[C@@H](Nc2c(-c3cc(C=O)ccn3)cnc3[nH]ccc23)C1. The van der Waals surface area contributed by atoms with Gasteiger partial charge in [0, 0.05) is 52.9 Å². The monoisotopic (exact) mass is 381 g/mol. The molecule has 3 heterocycles. The molecule has 3 aromatic heterocycles. The fraction of sp³-hybridized carbons (Fsp3) is 0.350. The average molecular weight is 382 g/mol. The third-order valence-electron chi connectivity index (χ3n) is 4.83. The molecule has 0 saturated heterocycles. The molecule has 1 aliphatic carbocycles. The first-order valence-electron chi connectivity index (χ1n) is 9.30. The van der Waals surface area contributed by atoms with Gasteiger partial charge in [0.05, 0.1) is 11.4 Å². The average Bonchev–Trinajstić information content (AvgIpc) is 3.15. The molecule has 1 aliphatic rings. The molecule has 27 heavy (non-hydrogen) atoms. The second-order valence-corrected chi connectivity index (χ2v) is 7.79. The maximum atomic E-state index is 11.2. The molecule has 0 aromatic carbocycles. The van der Waals surface area contributed by atoms with E-state index in [0.29, 0.717) is 17.6 Å². The lowest BCUT2D eigenvalue weighted by Crippen LogP contribution is -2.45. The van der Waals surface area contributed by atoms with E-state index >= 15 is 0 Å². The minimum Gasteiger partial charge on any atom is -0.381 e. The van der Waals surface area contributed by atoms with E-state index in [1.807, 2.05) is 30.4 Å². The number of aldehydes is 1. The summed E-state index contributed by atoms with van der Waals surface area (Å²) in [7, 11) is 0. The number of H-pyrrole nitrogens is 1. The number of carbonyl (C=O) groups excluding carboxylic acids is 1. The number of nitrogens with one attached hydrogen (secondary N) is 3. The lowest BCUT2D eigenvalue weighted by molar-refractivity contribution is 0.112. The fourth-order valence-electron chi connectivity index (χ4n) is 3.34. The van der Waals surface area contributed by atoms with Crippen molar-refractivity contribution < 1.29 is 4.79 Å². The Labute approximate surface area is 162 Å². The quantitative estimate of drug-likeness (QED) is 0.310. The molecule has 3 aromatic rings. The second kappa shape index (κ2) is 8.10. The van der Waals surface area contributed by atoms with E-state index in [9.17, 15) is 4.79 Å². The highest BCUT2D eigenvalue weighted by Crippen LogP contribution is 2.36. The van der Waals surface area contributed by atoms with Crippen molar-refractivity contribution in [3.05, 3.63) is 42.4 Å². The van der Waals surface area contributed by atoms with Crippen molar-refractivity contribution in [2.75, 3.05) is 11.1 Å². The number of pyridine rings is 2. The molecule has 0 unspecified atom stereocenters. The highest BCUT2D eigenvalue weighted by Gasteiger charge is 2.30. The maximum Gasteiger partial charge on any atom is 0.150 e. The van der Waals surface area contributed by atoms with Crippen molar-refractivity contribution in [1.82, 2.24) is 19.7 Å². The first kappa shape index (κ1) is 18.0. The van der Waals surface area contributed by atoms with Crippen molar-refractivity contribution in [2.45, 2.75) is 38.3 Å². The Bertz CT molecular complexity index is 935. The van der Waals surface area contributed by atoms with Crippen LogP contribution in [-0.2, 0) is 0 Å². The summed E-state index contributed by atoms with van der Waals surface area (Å²) in [6.45, 7) is 2.19. The molecular formula is C20H23N5OS. The predicted octanol–water partition coefficient (Wildman–Crippen LogP) is 4.03. The first-order chi connectivity index (χ1) is 13.3. The van der Waals surface area contributed by atoms with Crippen molar-refractivity contribution in [2.24, 2.45) is 0 Å². The molecule has 0 spiro atoms. The molecule has 0 aliphatic heterocycles. The highest BCUT2D eigenvalue weighted by molar-refractivity contribution is 7.97. The van der Waals surface area contributed by atoms with E-state index in [1.54, 1.807) is 18.3 Å². The zero-order valence-corrected chi connectivity index (χ0v) is 16.1. The van der Waals surface area contributed by atoms with Gasteiger partial charge in [-0.3, -0.25) is 14.5 Å². The Balaban J connectivity index is 1.58. The van der Waals surface area contributed by atoms with Crippen LogP contribution in [0.25, 0.3) is 22.3 Å². The van der Waals surface area contributed by atoms with Crippen LogP contribution in [0.4, 0.5) is 5.69 Å². The summed E-state index contributed by atoms with van der Waals surface area (Å²) in [6.07, 6.45) is 9.59. The van der Waals surface area contributed by atoms with Gasteiger partial charge in [-0.25, -0.2) is 4.98 Å². The first-order valence-corrected chi connectivity index (χ1v) is 10.3. The molecule has 0 amide bonds. The molecule has 1 fully saturated rings. The van der Waals surface area contributed by atoms with Crippen LogP contribution in [0.5, 0.6) is 0 Å². The van der Waals surface area contributed by atoms with Crippen molar-refractivity contribution in [3.63, 3.8) is 0 Å². The molecule has 0 bridgehead atoms. The van der Waals surface area contributed by atoms with Crippen molar-refractivity contribution >= 4 is 35.0 Å². The smallest absolute Gasteiger partial charge is 0.150 e. The molecule has 3 N–H and O–H groups in total. The van der Waals surface area contributed by atoms with E-state index in [4.69, 9.17) is 0 Å². The number of aromatic amines is 1. The predicted molar refractivity (Wildman–Crippen MR) is 111 cm³/mol. The van der Waals surface area contributed by atoms with Crippen LogP contribution < -0.4 is 10.0 Å². The van der Waals surface area contributed by atoms with Crippen LogP contribution in [0, 0.1) is 0 Å². The van der Waals surface area contributed by atoms with Crippen LogP contribution in [0.1, 0.15) is 36.5 Å². The zero-order valence-electron chi connectivity index (χ0n) is 15.2. The van der Waals surface area contributed by atoms with E-state index in [1.165, 1.54) is 6.42 Å². The largest absolute Gasteiger partial charge is 0.381 e. The van der Waals surface area contributed by atoms with E-state index in [2.05, 4.69) is 31.9 Å². The highest BCUT2D eigenvalue weighted by atomic mass is 32.2. The molecule has 7 heteroatoms. The van der Waals surface area contributed by atoms with Gasteiger partial charge in [-0.15, -0.1) is 0 Å². The summed E-state index contributed by atoms with van der Waals surface area (Å²) in [5.74, 6) is 1.14. The third kappa shape index (κ3) is 3.84. The van der Waals surface area contributed by atoms with Crippen molar-refractivity contribution in [3.8, 4) is 11.3 Å². The zero-order chi connectivity index (χ0) is 18.6. The number of anilines is 1. The number of hydrogen-bond donors (Lipinski definition) is 3. The van der Waals surface area contributed by atoms with Gasteiger partial charge in [0.25, 0.3) is 0 Å². The van der Waals surface area contributed by atoms with Crippen LogP contribution in [-0.4, -0.2) is 39.1 Å². The van der Waals surface area contributed by atoms with Gasteiger partial charge in [0.1, 0.15) is 11.9 Å². The van der Waals surface area contributed by atoms with Crippen LogP contribution in [0.3, 0.4) is 0 Å². The summed E-state index contributed by atoms with van der Waals surface area (Å²) in [5.41, 5.74) is 4.16. The Morgan fingerprint density at radius 1 is 1.30 bits per heavy atom. The Morgan fingerprint density at radius 2 is 2.19 bits per heavy atom. The molecular weight excluding hydrogens is 358 g/mol. The lowest BCUT2D eigenvalue weighted by Gasteiger charge is -2.37. The van der Waals surface area contributed by atoms with Gasteiger partial charge in [-0.05, 0) is 37.5 Å². The Hall–Kier alpha value is -2.38. The molecule has 4 rings (SSSR count). The number of fused-ring (bicyclic) bond motifs is 1. The summed E-state index contributed by atoms with van der Waals surface area (Å²) < 4.78 is 3.54. The number of hydrogen-bond acceptors (Lipinski definition) is 6. The summed E-state index contributed by atoms with van der Waals surface area (Å²) >= 11 is 1.82. The molecule has 6 nitrogen and oxygen atoms in total. The number of carbonyl (C=O) groups is 1. The minimum absolute atomic E-state index is 0.415. The van der Waals surface area contributed by atoms with Gasteiger partial charge in [0.15, 0.2) is 0 Å². The van der Waals surface area contributed by atoms with Crippen LogP contribution in [0.2, 0.25) is 0 Å². The van der Waals surface area contributed by atoms with Gasteiger partial charge in [-0.2, -0.15) is 0 Å². The maximum absolute atomic E-state index is 11.2. The molecule has 0 atom stereocenters. The normalized spacial score (nSPS) is 19.0. The third-order valence-corrected chi connectivity index (χ3v) is 5.94. The second-order valence-electron chi connectivity index (χ2n) is 6.85. The standard InChI is InChI=1S/C20H23N5OS/c1-2-7-27-25-15-9-14(10-15)24-19-16-4-6-22-20(16)23-11-17(19)18-8-13(12-26)3-5-21-18/h3-6,8,11-12,14-15,25H,2,7,9-10H2,1H3,(H2,22,23,24)/t14-,15+. The molecule has 140 valence electrons. The number of rotatable bonds is 8. The minimum atomic E-state index is 0.415. The van der Waals surface area contributed by atoms with E-state index in [-0.39, 0.29) is 0 Å². The van der Waals surface area contributed by atoms with Crippen LogP contribution in [0.15, 0.2) is 36.8 Å². The molecule has 1 saturated carbocycles. The summed E-state index contributed by atoms with van der Waals surface area (Å²) in [6, 6.07) is 6.52. The van der Waals surface area contributed by atoms with Gasteiger partial charge >= 0.3 is 0 Å². The van der Waals surface area contributed by atoms with Gasteiger partial charge in [-0.1, -0.05) is 18.9 Å². The Morgan fingerprint density at radius 3 is 3.00 bits per heavy atom. The van der Waals surface area contributed by atoms with Crippen molar-refractivity contribution in [1.29, 1.82) is 0 Å². The number of aromatic nitrogens is 3.